The number of hydrogen-bond acceptors (Lipinski definition) is 6. The minimum atomic E-state index is -4.40. The van der Waals surface area contributed by atoms with Gasteiger partial charge in [0.15, 0.2) is 22.1 Å². The van der Waals surface area contributed by atoms with E-state index in [1.54, 1.807) is 6.26 Å². The van der Waals surface area contributed by atoms with Gasteiger partial charge in [-0.3, -0.25) is 0 Å². The van der Waals surface area contributed by atoms with Gasteiger partial charge in [0.2, 0.25) is 0 Å². The number of fused-ring (bicyclic) bond motifs is 1. The maximum atomic E-state index is 13.0. The van der Waals surface area contributed by atoms with Crippen LogP contribution in [-0.2, 0) is 0 Å². The Balaban J connectivity index is 2.08. The standard InChI is InChI=1S/C15H11F4N5S/c1-25-14-23-12-11(13(24-14)21-7-15(17,18)19)22-10(6-20-12)8-2-4-9(16)5-3-8/h2-6H,7H2,1H3,(H,20,21,23,24). The van der Waals surface area contributed by atoms with Gasteiger partial charge in [0.1, 0.15) is 12.4 Å². The molecule has 25 heavy (non-hydrogen) atoms. The molecule has 0 amide bonds. The lowest BCUT2D eigenvalue weighted by Crippen LogP contribution is -2.22. The molecule has 3 aromatic rings. The molecule has 130 valence electrons. The van der Waals surface area contributed by atoms with E-state index in [1.165, 1.54) is 42.2 Å². The van der Waals surface area contributed by atoms with Gasteiger partial charge >= 0.3 is 6.18 Å². The van der Waals surface area contributed by atoms with E-state index in [0.29, 0.717) is 11.3 Å². The summed E-state index contributed by atoms with van der Waals surface area (Å²) in [5, 5.41) is 2.52. The molecule has 3 rings (SSSR count). The Bertz CT molecular complexity index is 899. The first-order valence-corrected chi connectivity index (χ1v) is 8.23. The number of halogens is 4. The number of aromatic nitrogens is 4. The highest BCUT2D eigenvalue weighted by atomic mass is 32.2. The summed E-state index contributed by atoms with van der Waals surface area (Å²) in [4.78, 5) is 16.6. The Hall–Kier alpha value is -2.49. The molecule has 1 aromatic carbocycles. The molecule has 0 atom stereocenters. The summed E-state index contributed by atoms with van der Waals surface area (Å²) in [7, 11) is 0. The van der Waals surface area contributed by atoms with Crippen LogP contribution >= 0.6 is 11.8 Å². The average Bonchev–Trinajstić information content (AvgIpc) is 2.59. The molecule has 0 radical (unpaired) electrons. The molecule has 0 spiro atoms. The van der Waals surface area contributed by atoms with Crippen molar-refractivity contribution in [3.63, 3.8) is 0 Å². The molecule has 0 saturated carbocycles. The van der Waals surface area contributed by atoms with Crippen LogP contribution in [0.15, 0.2) is 35.6 Å². The highest BCUT2D eigenvalue weighted by Crippen LogP contribution is 2.25. The van der Waals surface area contributed by atoms with Crippen LogP contribution < -0.4 is 5.32 Å². The van der Waals surface area contributed by atoms with E-state index < -0.39 is 18.5 Å². The quantitative estimate of drug-likeness (QED) is 0.427. The first-order chi connectivity index (χ1) is 11.9. The molecule has 0 saturated heterocycles. The van der Waals surface area contributed by atoms with Gasteiger partial charge in [-0.1, -0.05) is 11.8 Å². The van der Waals surface area contributed by atoms with Crippen molar-refractivity contribution in [2.24, 2.45) is 0 Å². The number of rotatable bonds is 4. The maximum absolute atomic E-state index is 13.0. The Morgan fingerprint density at radius 2 is 1.80 bits per heavy atom. The van der Waals surface area contributed by atoms with Gasteiger partial charge in [0.25, 0.3) is 0 Å². The summed E-state index contributed by atoms with van der Waals surface area (Å²) < 4.78 is 50.6. The Labute approximate surface area is 143 Å². The Morgan fingerprint density at radius 3 is 2.44 bits per heavy atom. The van der Waals surface area contributed by atoms with Crippen LogP contribution in [-0.4, -0.2) is 38.9 Å². The first kappa shape index (κ1) is 17.3. The third kappa shape index (κ3) is 4.13. The largest absolute Gasteiger partial charge is 0.405 e. The van der Waals surface area contributed by atoms with E-state index in [1.807, 2.05) is 0 Å². The van der Waals surface area contributed by atoms with Crippen molar-refractivity contribution in [1.82, 2.24) is 19.9 Å². The number of thioether (sulfide) groups is 1. The van der Waals surface area contributed by atoms with Gasteiger partial charge in [0.05, 0.1) is 11.9 Å². The fourth-order valence-electron chi connectivity index (χ4n) is 2.05. The number of nitrogens with one attached hydrogen (secondary N) is 1. The van der Waals surface area contributed by atoms with Gasteiger partial charge in [-0.2, -0.15) is 13.2 Å². The summed E-state index contributed by atoms with van der Waals surface area (Å²) >= 11 is 1.18. The van der Waals surface area contributed by atoms with Gasteiger partial charge in [0, 0.05) is 5.56 Å². The predicted octanol–water partition coefficient (Wildman–Crippen LogP) is 3.92. The summed E-state index contributed by atoms with van der Waals surface area (Å²) in [6.45, 7) is -1.25. The highest BCUT2D eigenvalue weighted by Gasteiger charge is 2.27. The van der Waals surface area contributed by atoms with E-state index in [0.717, 1.165) is 0 Å². The van der Waals surface area contributed by atoms with Crippen LogP contribution in [0.2, 0.25) is 0 Å². The van der Waals surface area contributed by atoms with Crippen molar-refractivity contribution in [2.45, 2.75) is 11.3 Å². The van der Waals surface area contributed by atoms with Crippen molar-refractivity contribution in [1.29, 1.82) is 0 Å². The molecule has 5 nitrogen and oxygen atoms in total. The second-order valence-corrected chi connectivity index (χ2v) is 5.74. The molecule has 10 heteroatoms. The maximum Gasteiger partial charge on any atom is 0.405 e. The molecule has 2 aromatic heterocycles. The molecule has 0 unspecified atom stereocenters. The lowest BCUT2D eigenvalue weighted by atomic mass is 10.1. The number of anilines is 1. The van der Waals surface area contributed by atoms with Gasteiger partial charge < -0.3 is 5.32 Å². The van der Waals surface area contributed by atoms with Crippen molar-refractivity contribution in [2.75, 3.05) is 18.1 Å². The van der Waals surface area contributed by atoms with Crippen molar-refractivity contribution >= 4 is 28.7 Å². The lowest BCUT2D eigenvalue weighted by Gasteiger charge is -2.11. The fraction of sp³-hybridized carbons (Fsp3) is 0.200. The van der Waals surface area contributed by atoms with E-state index in [9.17, 15) is 17.6 Å². The average molecular weight is 369 g/mol. The molecule has 0 aliphatic heterocycles. The zero-order valence-corrected chi connectivity index (χ0v) is 13.6. The number of alkyl halides is 3. The minimum absolute atomic E-state index is 0.0527. The van der Waals surface area contributed by atoms with E-state index in [-0.39, 0.29) is 22.1 Å². The van der Waals surface area contributed by atoms with Crippen molar-refractivity contribution in [3.8, 4) is 11.3 Å². The fourth-order valence-corrected chi connectivity index (χ4v) is 2.41. The number of hydrogen-bond donors (Lipinski definition) is 1. The second-order valence-electron chi connectivity index (χ2n) is 4.96. The van der Waals surface area contributed by atoms with Gasteiger partial charge in [-0.15, -0.1) is 0 Å². The molecule has 0 bridgehead atoms. The minimum Gasteiger partial charge on any atom is -0.359 e. The molecule has 0 aliphatic rings. The molecular weight excluding hydrogens is 358 g/mol. The highest BCUT2D eigenvalue weighted by molar-refractivity contribution is 7.98. The van der Waals surface area contributed by atoms with E-state index in [4.69, 9.17) is 0 Å². The van der Waals surface area contributed by atoms with Crippen LogP contribution in [0.25, 0.3) is 22.4 Å². The van der Waals surface area contributed by atoms with Crippen LogP contribution in [0.5, 0.6) is 0 Å². The van der Waals surface area contributed by atoms with Gasteiger partial charge in [-0.25, -0.2) is 24.3 Å². The normalized spacial score (nSPS) is 11.7. The van der Waals surface area contributed by atoms with E-state index in [2.05, 4.69) is 25.3 Å². The molecular formula is C15H11F4N5S. The Morgan fingerprint density at radius 1 is 1.08 bits per heavy atom. The van der Waals surface area contributed by atoms with Crippen molar-refractivity contribution in [3.05, 3.63) is 36.3 Å². The van der Waals surface area contributed by atoms with E-state index >= 15 is 0 Å². The third-order valence-electron chi connectivity index (χ3n) is 3.17. The second kappa shape index (κ2) is 6.79. The van der Waals surface area contributed by atoms with Gasteiger partial charge in [-0.05, 0) is 30.5 Å². The van der Waals surface area contributed by atoms with Crippen LogP contribution in [0, 0.1) is 5.82 Å². The lowest BCUT2D eigenvalue weighted by molar-refractivity contribution is -0.115. The number of nitrogens with zero attached hydrogens (tertiary/aromatic N) is 4. The van der Waals surface area contributed by atoms with Crippen LogP contribution in [0.1, 0.15) is 0 Å². The zero-order chi connectivity index (χ0) is 18.0. The smallest absolute Gasteiger partial charge is 0.359 e. The van der Waals surface area contributed by atoms with Crippen LogP contribution in [0.3, 0.4) is 0 Å². The van der Waals surface area contributed by atoms with Crippen molar-refractivity contribution < 1.29 is 17.6 Å². The number of benzene rings is 1. The summed E-state index contributed by atoms with van der Waals surface area (Å²) in [6, 6.07) is 5.53. The SMILES string of the molecule is CSc1nc(NCC(F)(F)F)c2nc(-c3ccc(F)cc3)cnc2n1. The zero-order valence-electron chi connectivity index (χ0n) is 12.8. The predicted molar refractivity (Wildman–Crippen MR) is 86.8 cm³/mol. The monoisotopic (exact) mass is 369 g/mol. The molecule has 1 N–H and O–H groups in total. The molecule has 2 heterocycles. The summed E-state index contributed by atoms with van der Waals surface area (Å²) in [5.41, 5.74) is 1.24. The summed E-state index contributed by atoms with van der Waals surface area (Å²) in [6.07, 6.45) is -1.27. The third-order valence-corrected chi connectivity index (χ3v) is 3.71. The molecule has 0 fully saturated rings. The topological polar surface area (TPSA) is 63.6 Å². The van der Waals surface area contributed by atoms with Crippen LogP contribution in [0.4, 0.5) is 23.4 Å². The first-order valence-electron chi connectivity index (χ1n) is 7.01. The molecule has 0 aliphatic carbocycles. The summed E-state index contributed by atoms with van der Waals surface area (Å²) in [5.74, 6) is -0.457. The Kier molecular flexibility index (Phi) is 4.71.